The summed E-state index contributed by atoms with van der Waals surface area (Å²) >= 11 is 0. The molecule has 2 aromatic rings. The van der Waals surface area contributed by atoms with Crippen LogP contribution in [0.2, 0.25) is 0 Å². The van der Waals surface area contributed by atoms with E-state index in [2.05, 4.69) is 10.3 Å². The van der Waals surface area contributed by atoms with E-state index in [4.69, 9.17) is 5.14 Å². The molecular weight excluding hydrogens is 304 g/mol. The number of nitrogens with two attached hydrogens (primary N) is 1. The monoisotopic (exact) mass is 313 g/mol. The molecule has 0 saturated carbocycles. The van der Waals surface area contributed by atoms with E-state index in [0.29, 0.717) is 0 Å². The Morgan fingerprint density at radius 3 is 2.43 bits per heavy atom. The van der Waals surface area contributed by atoms with Crippen molar-refractivity contribution in [1.82, 2.24) is 4.98 Å². The van der Waals surface area contributed by atoms with Crippen molar-refractivity contribution in [3.63, 3.8) is 0 Å². The number of carbonyl (C=O) groups is 1. The van der Waals surface area contributed by atoms with Gasteiger partial charge in [-0.05, 0) is 30.3 Å². The molecule has 0 bridgehead atoms. The molecule has 3 N–H and O–H groups in total. The molecule has 21 heavy (non-hydrogen) atoms. The number of halogens is 2. The number of aromatic nitrogens is 1. The van der Waals surface area contributed by atoms with Crippen molar-refractivity contribution in [1.29, 1.82) is 0 Å². The van der Waals surface area contributed by atoms with Crippen molar-refractivity contribution in [2.24, 2.45) is 5.14 Å². The Morgan fingerprint density at radius 1 is 1.19 bits per heavy atom. The number of amides is 1. The van der Waals surface area contributed by atoms with Crippen LogP contribution < -0.4 is 10.5 Å². The Hall–Kier alpha value is -2.39. The number of benzene rings is 1. The van der Waals surface area contributed by atoms with Gasteiger partial charge in [-0.25, -0.2) is 27.3 Å². The molecule has 1 aromatic carbocycles. The van der Waals surface area contributed by atoms with Crippen molar-refractivity contribution in [3.05, 3.63) is 53.9 Å². The Bertz CT molecular complexity index is 792. The summed E-state index contributed by atoms with van der Waals surface area (Å²) in [5.41, 5.74) is -0.0663. The summed E-state index contributed by atoms with van der Waals surface area (Å²) in [5, 5.41) is 7.11. The number of nitrogens with one attached hydrogen (secondary N) is 1. The molecular formula is C12H9F2N3O3S. The van der Waals surface area contributed by atoms with Gasteiger partial charge >= 0.3 is 0 Å². The second-order valence-electron chi connectivity index (χ2n) is 4.01. The van der Waals surface area contributed by atoms with Crippen LogP contribution in [0.15, 0.2) is 41.4 Å². The predicted molar refractivity (Wildman–Crippen MR) is 69.9 cm³/mol. The maximum Gasteiger partial charge on any atom is 0.274 e. The molecule has 0 aliphatic rings. The average molecular weight is 313 g/mol. The van der Waals surface area contributed by atoms with Gasteiger partial charge in [0.25, 0.3) is 5.91 Å². The lowest BCUT2D eigenvalue weighted by Gasteiger charge is -2.06. The smallest absolute Gasteiger partial charge is 0.274 e. The van der Waals surface area contributed by atoms with Crippen molar-refractivity contribution < 1.29 is 22.0 Å². The van der Waals surface area contributed by atoms with E-state index in [-0.39, 0.29) is 11.4 Å². The van der Waals surface area contributed by atoms with Crippen LogP contribution in [0.25, 0.3) is 0 Å². The summed E-state index contributed by atoms with van der Waals surface area (Å²) in [6.45, 7) is 0. The summed E-state index contributed by atoms with van der Waals surface area (Å²) in [5.74, 6) is -2.39. The summed E-state index contributed by atoms with van der Waals surface area (Å²) in [6, 6.07) is 5.11. The van der Waals surface area contributed by atoms with Crippen LogP contribution in [-0.4, -0.2) is 19.3 Å². The highest BCUT2D eigenvalue weighted by Crippen LogP contribution is 2.18. The van der Waals surface area contributed by atoms with Crippen LogP contribution in [0.4, 0.5) is 14.5 Å². The van der Waals surface area contributed by atoms with Crippen LogP contribution in [0.5, 0.6) is 0 Å². The fraction of sp³-hybridized carbons (Fsp3) is 0. The Labute approximate surface area is 118 Å². The first-order valence-electron chi connectivity index (χ1n) is 5.52. The van der Waals surface area contributed by atoms with Crippen molar-refractivity contribution in [2.75, 3.05) is 5.32 Å². The fourth-order valence-corrected chi connectivity index (χ4v) is 2.10. The van der Waals surface area contributed by atoms with Gasteiger partial charge < -0.3 is 5.32 Å². The predicted octanol–water partition coefficient (Wildman–Crippen LogP) is 1.26. The van der Waals surface area contributed by atoms with Crippen molar-refractivity contribution in [3.8, 4) is 0 Å². The standard InChI is InChI=1S/C12H9F2N3O3S/c13-7-1-3-10(16-6-7)12(18)17-8-2-4-11(9(14)5-8)21(15,19)20/h1-6H,(H,17,18)(H2,15,19,20). The fourth-order valence-electron chi connectivity index (χ4n) is 1.51. The lowest BCUT2D eigenvalue weighted by atomic mass is 10.3. The first-order valence-corrected chi connectivity index (χ1v) is 7.07. The number of rotatable bonds is 3. The topological polar surface area (TPSA) is 102 Å². The lowest BCUT2D eigenvalue weighted by molar-refractivity contribution is 0.102. The Morgan fingerprint density at radius 2 is 1.90 bits per heavy atom. The molecule has 0 atom stereocenters. The molecule has 1 heterocycles. The van der Waals surface area contributed by atoms with Crippen molar-refractivity contribution in [2.45, 2.75) is 4.90 Å². The molecule has 0 unspecified atom stereocenters. The van der Waals surface area contributed by atoms with Crippen LogP contribution in [0, 0.1) is 11.6 Å². The normalized spacial score (nSPS) is 11.2. The van der Waals surface area contributed by atoms with Crippen molar-refractivity contribution >= 4 is 21.6 Å². The summed E-state index contributed by atoms with van der Waals surface area (Å²) < 4.78 is 48.3. The number of primary sulfonamides is 1. The van der Waals surface area contributed by atoms with Gasteiger partial charge in [0, 0.05) is 5.69 Å². The van der Waals surface area contributed by atoms with Gasteiger partial charge in [-0.2, -0.15) is 0 Å². The SMILES string of the molecule is NS(=O)(=O)c1ccc(NC(=O)c2ccc(F)cn2)cc1F. The largest absolute Gasteiger partial charge is 0.321 e. The van der Waals surface area contributed by atoms with Gasteiger partial charge in [0.2, 0.25) is 10.0 Å². The van der Waals surface area contributed by atoms with E-state index >= 15 is 0 Å². The number of sulfonamides is 1. The zero-order valence-corrected chi connectivity index (χ0v) is 11.2. The highest BCUT2D eigenvalue weighted by atomic mass is 32.2. The molecule has 0 aliphatic heterocycles. The summed E-state index contributed by atoms with van der Waals surface area (Å²) in [4.78, 5) is 14.6. The van der Waals surface area contributed by atoms with Gasteiger partial charge in [-0.1, -0.05) is 0 Å². The number of carbonyl (C=O) groups excluding carboxylic acids is 1. The summed E-state index contributed by atoms with van der Waals surface area (Å²) in [7, 11) is -4.18. The zero-order chi connectivity index (χ0) is 15.6. The van der Waals surface area contributed by atoms with E-state index in [1.165, 1.54) is 6.07 Å². The van der Waals surface area contributed by atoms with Gasteiger partial charge in [-0.3, -0.25) is 4.79 Å². The number of hydrogen-bond donors (Lipinski definition) is 2. The minimum atomic E-state index is -4.18. The van der Waals surface area contributed by atoms with Crippen LogP contribution in [0.3, 0.4) is 0 Å². The van der Waals surface area contributed by atoms with E-state index in [9.17, 15) is 22.0 Å². The second kappa shape index (κ2) is 5.54. The van der Waals surface area contributed by atoms with Crippen LogP contribution >= 0.6 is 0 Å². The van der Waals surface area contributed by atoms with E-state index in [1.807, 2.05) is 0 Å². The molecule has 0 spiro atoms. The first-order chi connectivity index (χ1) is 9.77. The molecule has 6 nitrogen and oxygen atoms in total. The third-order valence-electron chi connectivity index (χ3n) is 2.46. The number of pyridine rings is 1. The first kappa shape index (κ1) is 15.0. The molecule has 0 saturated heterocycles. The van der Waals surface area contributed by atoms with Gasteiger partial charge in [0.1, 0.15) is 22.2 Å². The van der Waals surface area contributed by atoms with Gasteiger partial charge in [0.05, 0.1) is 6.20 Å². The van der Waals surface area contributed by atoms with Crippen LogP contribution in [0.1, 0.15) is 10.5 Å². The van der Waals surface area contributed by atoms with Crippen LogP contribution in [-0.2, 0) is 10.0 Å². The molecule has 110 valence electrons. The average Bonchev–Trinajstić information content (AvgIpc) is 2.37. The molecule has 1 aromatic heterocycles. The zero-order valence-electron chi connectivity index (χ0n) is 10.4. The number of nitrogens with zero attached hydrogens (tertiary/aromatic N) is 1. The Balaban J connectivity index is 2.22. The maximum absolute atomic E-state index is 13.6. The highest BCUT2D eigenvalue weighted by molar-refractivity contribution is 7.89. The molecule has 1 amide bonds. The molecule has 9 heteroatoms. The number of anilines is 1. The number of hydrogen-bond acceptors (Lipinski definition) is 4. The van der Waals surface area contributed by atoms with E-state index < -0.39 is 32.5 Å². The minimum absolute atomic E-state index is 0.0102. The summed E-state index contributed by atoms with van der Waals surface area (Å²) in [6.07, 6.45) is 0.861. The van der Waals surface area contributed by atoms with Gasteiger partial charge in [0.15, 0.2) is 0 Å². The lowest BCUT2D eigenvalue weighted by Crippen LogP contribution is -2.16. The second-order valence-corrected chi connectivity index (χ2v) is 5.54. The van der Waals surface area contributed by atoms with E-state index in [1.54, 1.807) is 0 Å². The highest BCUT2D eigenvalue weighted by Gasteiger charge is 2.15. The molecule has 0 radical (unpaired) electrons. The third-order valence-corrected chi connectivity index (χ3v) is 3.40. The van der Waals surface area contributed by atoms with E-state index in [0.717, 1.165) is 30.5 Å². The molecule has 2 rings (SSSR count). The molecule has 0 fully saturated rings. The third kappa shape index (κ3) is 3.58. The minimum Gasteiger partial charge on any atom is -0.321 e. The maximum atomic E-state index is 13.6. The van der Waals surface area contributed by atoms with Gasteiger partial charge in [-0.15, -0.1) is 0 Å². The quantitative estimate of drug-likeness (QED) is 0.890. The molecule has 0 aliphatic carbocycles. The Kier molecular flexibility index (Phi) is 3.96.